The molecule has 6 nitrogen and oxygen atoms in total. The Bertz CT molecular complexity index is 520. The van der Waals surface area contributed by atoms with Crippen LogP contribution in [0, 0.1) is 0 Å². The van der Waals surface area contributed by atoms with E-state index in [0.717, 1.165) is 12.2 Å². The predicted molar refractivity (Wildman–Crippen MR) is 79.3 cm³/mol. The average molecular weight is 273 g/mol. The van der Waals surface area contributed by atoms with Gasteiger partial charge in [0.25, 0.3) is 5.95 Å². The normalized spacial score (nSPS) is 10.3. The molecule has 0 saturated heterocycles. The Morgan fingerprint density at radius 1 is 1.25 bits per heavy atom. The molecule has 1 aromatic heterocycles. The lowest BCUT2D eigenvalue weighted by molar-refractivity contribution is 0.210. The van der Waals surface area contributed by atoms with E-state index in [4.69, 9.17) is 4.74 Å². The number of hydrogen-bond acceptors (Lipinski definition) is 6. The van der Waals surface area contributed by atoms with Crippen LogP contribution in [0.1, 0.15) is 6.92 Å². The first kappa shape index (κ1) is 14.2. The number of rotatable bonds is 7. The van der Waals surface area contributed by atoms with Gasteiger partial charge in [0, 0.05) is 25.9 Å². The minimum Gasteiger partial charge on any atom is -0.383 e. The van der Waals surface area contributed by atoms with E-state index in [-0.39, 0.29) is 0 Å². The predicted octanol–water partition coefficient (Wildman–Crippen LogP) is 2.09. The quantitative estimate of drug-likeness (QED) is 0.779. The first-order valence-electron chi connectivity index (χ1n) is 6.60. The number of nitrogens with one attached hydrogen (secondary N) is 1. The maximum atomic E-state index is 5.00. The van der Waals surface area contributed by atoms with Crippen molar-refractivity contribution < 1.29 is 4.74 Å². The molecule has 0 radical (unpaired) electrons. The molecule has 1 N–H and O–H groups in total. The van der Waals surface area contributed by atoms with E-state index in [2.05, 4.69) is 27.4 Å². The van der Waals surface area contributed by atoms with Gasteiger partial charge in [-0.2, -0.15) is 10.1 Å². The van der Waals surface area contributed by atoms with Crippen molar-refractivity contribution >= 4 is 17.5 Å². The van der Waals surface area contributed by atoms with Gasteiger partial charge in [0.1, 0.15) is 0 Å². The minimum atomic E-state index is 0.584. The lowest BCUT2D eigenvalue weighted by Crippen LogP contribution is -2.20. The molecule has 1 aromatic carbocycles. The van der Waals surface area contributed by atoms with Crippen LogP contribution in [-0.2, 0) is 4.74 Å². The topological polar surface area (TPSA) is 63.2 Å². The van der Waals surface area contributed by atoms with Crippen LogP contribution in [0.25, 0.3) is 0 Å². The minimum absolute atomic E-state index is 0.584. The summed E-state index contributed by atoms with van der Waals surface area (Å²) in [4.78, 5) is 6.49. The second-order valence-corrected chi connectivity index (χ2v) is 4.14. The van der Waals surface area contributed by atoms with Crippen molar-refractivity contribution in [2.45, 2.75) is 6.92 Å². The summed E-state index contributed by atoms with van der Waals surface area (Å²) < 4.78 is 5.00. The second-order valence-electron chi connectivity index (χ2n) is 4.14. The van der Waals surface area contributed by atoms with Crippen molar-refractivity contribution in [2.24, 2.45) is 0 Å². The van der Waals surface area contributed by atoms with Gasteiger partial charge < -0.3 is 15.0 Å². The van der Waals surface area contributed by atoms with Gasteiger partial charge in [-0.25, -0.2) is 0 Å². The fourth-order valence-corrected chi connectivity index (χ4v) is 1.82. The van der Waals surface area contributed by atoms with Crippen molar-refractivity contribution in [2.75, 3.05) is 37.0 Å². The van der Waals surface area contributed by atoms with Crippen LogP contribution in [-0.4, -0.2) is 42.0 Å². The lowest BCUT2D eigenvalue weighted by Gasteiger charge is -2.20. The summed E-state index contributed by atoms with van der Waals surface area (Å²) >= 11 is 0. The van der Waals surface area contributed by atoms with E-state index >= 15 is 0 Å². The van der Waals surface area contributed by atoms with Gasteiger partial charge in [-0.1, -0.05) is 18.2 Å². The van der Waals surface area contributed by atoms with Crippen LogP contribution in [0.2, 0.25) is 0 Å². The van der Waals surface area contributed by atoms with Crippen molar-refractivity contribution in [1.82, 2.24) is 15.2 Å². The smallest absolute Gasteiger partial charge is 0.251 e. The molecular weight excluding hydrogens is 254 g/mol. The molecule has 0 amide bonds. The Balaban J connectivity index is 2.16. The Hall–Kier alpha value is -2.21. The highest BCUT2D eigenvalue weighted by molar-refractivity contribution is 5.57. The Morgan fingerprint density at radius 2 is 2.05 bits per heavy atom. The highest BCUT2D eigenvalue weighted by Gasteiger charge is 2.11. The molecule has 0 unspecified atom stereocenters. The average Bonchev–Trinajstić information content (AvgIpc) is 2.50. The SMILES string of the molecule is CCN(c1ccccc1)c1nncc(NCCOC)n1. The maximum Gasteiger partial charge on any atom is 0.251 e. The van der Waals surface area contributed by atoms with E-state index < -0.39 is 0 Å². The van der Waals surface area contributed by atoms with Crippen LogP contribution in [0.3, 0.4) is 0 Å². The monoisotopic (exact) mass is 273 g/mol. The molecule has 0 aliphatic heterocycles. The van der Waals surface area contributed by atoms with Crippen LogP contribution >= 0.6 is 0 Å². The standard InChI is InChI=1S/C14H19N5O/c1-3-19(12-7-5-4-6-8-12)14-17-13(11-16-18-14)15-9-10-20-2/h4-8,11H,3,9-10H2,1-2H3,(H,15,17,18). The van der Waals surface area contributed by atoms with Crippen molar-refractivity contribution in [3.05, 3.63) is 36.5 Å². The Labute approximate surface area is 118 Å². The molecular formula is C14H19N5O. The molecule has 0 saturated carbocycles. The van der Waals surface area contributed by atoms with Gasteiger partial charge in [0.15, 0.2) is 5.82 Å². The fourth-order valence-electron chi connectivity index (χ4n) is 1.82. The van der Waals surface area contributed by atoms with Gasteiger partial charge in [0.2, 0.25) is 0 Å². The van der Waals surface area contributed by atoms with Crippen LogP contribution in [0.4, 0.5) is 17.5 Å². The highest BCUT2D eigenvalue weighted by atomic mass is 16.5. The third-order valence-corrected chi connectivity index (χ3v) is 2.79. The van der Waals surface area contributed by atoms with Crippen LogP contribution < -0.4 is 10.2 Å². The summed E-state index contributed by atoms with van der Waals surface area (Å²) in [5, 5.41) is 11.3. The highest BCUT2D eigenvalue weighted by Crippen LogP contribution is 2.21. The maximum absolute atomic E-state index is 5.00. The van der Waals surface area contributed by atoms with Crippen molar-refractivity contribution in [1.29, 1.82) is 0 Å². The number of benzene rings is 1. The lowest BCUT2D eigenvalue weighted by atomic mass is 10.3. The van der Waals surface area contributed by atoms with E-state index in [1.165, 1.54) is 0 Å². The summed E-state index contributed by atoms with van der Waals surface area (Å²) in [6, 6.07) is 10.0. The number of hydrogen-bond donors (Lipinski definition) is 1. The van der Waals surface area contributed by atoms with E-state index in [9.17, 15) is 0 Å². The summed E-state index contributed by atoms with van der Waals surface area (Å²) in [6.45, 7) is 4.14. The first-order valence-corrected chi connectivity index (χ1v) is 6.60. The molecule has 0 atom stereocenters. The van der Waals surface area contributed by atoms with Gasteiger partial charge in [-0.15, -0.1) is 5.10 Å². The van der Waals surface area contributed by atoms with Crippen LogP contribution in [0.5, 0.6) is 0 Å². The summed E-state index contributed by atoms with van der Waals surface area (Å²) in [7, 11) is 1.67. The summed E-state index contributed by atoms with van der Waals surface area (Å²) in [5.41, 5.74) is 1.05. The number of anilines is 3. The third kappa shape index (κ3) is 3.64. The molecule has 106 valence electrons. The fraction of sp³-hybridized carbons (Fsp3) is 0.357. The third-order valence-electron chi connectivity index (χ3n) is 2.79. The van der Waals surface area contributed by atoms with Crippen molar-refractivity contribution in [3.63, 3.8) is 0 Å². The van der Waals surface area contributed by atoms with E-state index in [1.54, 1.807) is 13.3 Å². The number of aromatic nitrogens is 3. The molecule has 2 rings (SSSR count). The zero-order valence-corrected chi connectivity index (χ0v) is 11.8. The van der Waals surface area contributed by atoms with Gasteiger partial charge in [-0.05, 0) is 19.1 Å². The molecule has 1 heterocycles. The van der Waals surface area contributed by atoms with Crippen LogP contribution in [0.15, 0.2) is 36.5 Å². The molecule has 0 fully saturated rings. The number of methoxy groups -OCH3 is 1. The van der Waals surface area contributed by atoms with Crippen molar-refractivity contribution in [3.8, 4) is 0 Å². The molecule has 0 spiro atoms. The van der Waals surface area contributed by atoms with Gasteiger partial charge in [-0.3, -0.25) is 0 Å². The molecule has 6 heteroatoms. The molecule has 0 aliphatic rings. The first-order chi connectivity index (χ1) is 9.85. The number of ether oxygens (including phenoxy) is 1. The van der Waals surface area contributed by atoms with Gasteiger partial charge in [0.05, 0.1) is 12.8 Å². The Morgan fingerprint density at radius 3 is 2.75 bits per heavy atom. The summed E-state index contributed by atoms with van der Waals surface area (Å²) in [5.74, 6) is 1.28. The largest absolute Gasteiger partial charge is 0.383 e. The Kier molecular flexibility index (Phi) is 5.25. The second kappa shape index (κ2) is 7.40. The van der Waals surface area contributed by atoms with Gasteiger partial charge >= 0.3 is 0 Å². The molecule has 20 heavy (non-hydrogen) atoms. The van der Waals surface area contributed by atoms with E-state index in [0.29, 0.717) is 24.9 Å². The zero-order valence-electron chi connectivity index (χ0n) is 11.8. The molecule has 0 aliphatic carbocycles. The number of para-hydroxylation sites is 1. The zero-order chi connectivity index (χ0) is 14.2. The number of nitrogens with zero attached hydrogens (tertiary/aromatic N) is 4. The molecule has 0 bridgehead atoms. The summed E-state index contributed by atoms with van der Waals surface area (Å²) in [6.07, 6.45) is 1.61. The van der Waals surface area contributed by atoms with E-state index in [1.807, 2.05) is 35.2 Å². The molecule has 2 aromatic rings.